The minimum absolute atomic E-state index is 0.0770. The molecule has 0 spiro atoms. The molecule has 0 N–H and O–H groups in total. The lowest BCUT2D eigenvalue weighted by Crippen LogP contribution is -2.34. The lowest BCUT2D eigenvalue weighted by atomic mass is 10.2. The molecule has 1 fully saturated rings. The summed E-state index contributed by atoms with van der Waals surface area (Å²) in [6.07, 6.45) is 2.94. The first kappa shape index (κ1) is 17.0. The second-order valence-corrected chi connectivity index (χ2v) is 6.70. The number of benzene rings is 2. The van der Waals surface area contributed by atoms with Gasteiger partial charge in [0.15, 0.2) is 0 Å². The Morgan fingerprint density at radius 2 is 1.96 bits per heavy atom. The Hall–Kier alpha value is -2.43. The van der Waals surface area contributed by atoms with E-state index in [1.54, 1.807) is 0 Å². The molecule has 1 unspecified atom stereocenters. The maximum absolute atomic E-state index is 6.12. The molecule has 2 heterocycles. The van der Waals surface area contributed by atoms with Crippen LogP contribution in [0.5, 0.6) is 5.75 Å². The normalized spacial score (nSPS) is 18.5. The van der Waals surface area contributed by atoms with Crippen LogP contribution >= 0.6 is 0 Å². The summed E-state index contributed by atoms with van der Waals surface area (Å²) < 4.78 is 12.1. The van der Waals surface area contributed by atoms with Crippen LogP contribution in [-0.2, 0) is 11.3 Å². The minimum Gasteiger partial charge on any atom is -0.490 e. The maximum Gasteiger partial charge on any atom is 0.128 e. The van der Waals surface area contributed by atoms with Gasteiger partial charge in [-0.1, -0.05) is 36.4 Å². The molecule has 1 aliphatic heterocycles. The number of aromatic nitrogens is 1. The van der Waals surface area contributed by atoms with Crippen LogP contribution in [0.2, 0.25) is 0 Å². The molecule has 4 rings (SSSR count). The van der Waals surface area contributed by atoms with Crippen molar-refractivity contribution in [3.05, 3.63) is 72.4 Å². The van der Waals surface area contributed by atoms with E-state index in [4.69, 9.17) is 9.47 Å². The van der Waals surface area contributed by atoms with E-state index in [1.807, 2.05) is 36.5 Å². The molecule has 1 aliphatic rings. The van der Waals surface area contributed by atoms with E-state index in [-0.39, 0.29) is 6.10 Å². The molecule has 1 atom stereocenters. The first-order valence-corrected chi connectivity index (χ1v) is 9.23. The summed E-state index contributed by atoms with van der Waals surface area (Å²) in [6.45, 7) is 4.25. The third-order valence-electron chi connectivity index (χ3n) is 4.71. The zero-order chi connectivity index (χ0) is 17.6. The van der Waals surface area contributed by atoms with Crippen LogP contribution in [0.3, 0.4) is 0 Å². The predicted molar refractivity (Wildman–Crippen MR) is 103 cm³/mol. The standard InChI is InChI=1S/C22H24N2O2/c1-2-7-18(8-3-1)15-24-13-6-14-25-19(16-24)17-26-22-11-4-10-21-20(22)9-5-12-23-21/h1-5,7-12,19H,6,13-17H2. The molecule has 4 heteroatoms. The summed E-state index contributed by atoms with van der Waals surface area (Å²) in [5, 5.41) is 1.05. The fraction of sp³-hybridized carbons (Fsp3) is 0.318. The van der Waals surface area contributed by atoms with Crippen LogP contribution in [0.4, 0.5) is 0 Å². The summed E-state index contributed by atoms with van der Waals surface area (Å²) in [4.78, 5) is 6.85. The zero-order valence-corrected chi connectivity index (χ0v) is 14.9. The van der Waals surface area contributed by atoms with E-state index in [9.17, 15) is 0 Å². The zero-order valence-electron chi connectivity index (χ0n) is 14.9. The molecule has 1 saturated heterocycles. The quantitative estimate of drug-likeness (QED) is 0.700. The Kier molecular flexibility index (Phi) is 5.43. The molecule has 1 aromatic heterocycles. The molecule has 0 bridgehead atoms. The Bertz CT molecular complexity index is 832. The van der Waals surface area contributed by atoms with Gasteiger partial charge in [0.05, 0.1) is 5.52 Å². The van der Waals surface area contributed by atoms with E-state index in [0.717, 1.165) is 49.3 Å². The average Bonchev–Trinajstić information content (AvgIpc) is 2.92. The van der Waals surface area contributed by atoms with Crippen molar-refractivity contribution < 1.29 is 9.47 Å². The van der Waals surface area contributed by atoms with Gasteiger partial charge in [-0.15, -0.1) is 0 Å². The molecule has 0 amide bonds. The van der Waals surface area contributed by atoms with Gasteiger partial charge in [-0.3, -0.25) is 9.88 Å². The number of hydrogen-bond acceptors (Lipinski definition) is 4. The Balaban J connectivity index is 1.40. The van der Waals surface area contributed by atoms with Crippen molar-refractivity contribution in [2.45, 2.75) is 19.1 Å². The van der Waals surface area contributed by atoms with E-state index in [0.29, 0.717) is 6.61 Å². The second kappa shape index (κ2) is 8.30. The highest BCUT2D eigenvalue weighted by Gasteiger charge is 2.20. The van der Waals surface area contributed by atoms with E-state index >= 15 is 0 Å². The maximum atomic E-state index is 6.12. The lowest BCUT2D eigenvalue weighted by Gasteiger charge is -2.24. The van der Waals surface area contributed by atoms with Crippen molar-refractivity contribution >= 4 is 10.9 Å². The molecular weight excluding hydrogens is 324 g/mol. The van der Waals surface area contributed by atoms with Crippen LogP contribution in [0.15, 0.2) is 66.9 Å². The smallest absolute Gasteiger partial charge is 0.128 e. The van der Waals surface area contributed by atoms with Gasteiger partial charge in [0.2, 0.25) is 0 Å². The van der Waals surface area contributed by atoms with Crippen molar-refractivity contribution in [3.63, 3.8) is 0 Å². The van der Waals surface area contributed by atoms with E-state index in [2.05, 4.69) is 40.2 Å². The van der Waals surface area contributed by atoms with Gasteiger partial charge < -0.3 is 9.47 Å². The highest BCUT2D eigenvalue weighted by atomic mass is 16.5. The number of nitrogens with zero attached hydrogens (tertiary/aromatic N) is 2. The van der Waals surface area contributed by atoms with E-state index < -0.39 is 0 Å². The van der Waals surface area contributed by atoms with Crippen LogP contribution < -0.4 is 4.74 Å². The summed E-state index contributed by atoms with van der Waals surface area (Å²) in [6, 6.07) is 20.6. The molecule has 0 radical (unpaired) electrons. The largest absolute Gasteiger partial charge is 0.490 e. The monoisotopic (exact) mass is 348 g/mol. The van der Waals surface area contributed by atoms with Gasteiger partial charge in [0.25, 0.3) is 0 Å². The van der Waals surface area contributed by atoms with Crippen molar-refractivity contribution in [1.29, 1.82) is 0 Å². The van der Waals surface area contributed by atoms with Gasteiger partial charge >= 0.3 is 0 Å². The Morgan fingerprint density at radius 1 is 1.04 bits per heavy atom. The van der Waals surface area contributed by atoms with Crippen molar-refractivity contribution in [2.24, 2.45) is 0 Å². The summed E-state index contributed by atoms with van der Waals surface area (Å²) in [5.74, 6) is 0.873. The van der Waals surface area contributed by atoms with E-state index in [1.165, 1.54) is 5.56 Å². The van der Waals surface area contributed by atoms with Crippen LogP contribution in [0.1, 0.15) is 12.0 Å². The minimum atomic E-state index is 0.0770. The third kappa shape index (κ3) is 4.21. The number of hydrogen-bond donors (Lipinski definition) is 0. The highest BCUT2D eigenvalue weighted by molar-refractivity contribution is 5.84. The molecule has 2 aromatic carbocycles. The molecule has 26 heavy (non-hydrogen) atoms. The van der Waals surface area contributed by atoms with Gasteiger partial charge in [0.1, 0.15) is 18.5 Å². The topological polar surface area (TPSA) is 34.6 Å². The van der Waals surface area contributed by atoms with Crippen molar-refractivity contribution in [3.8, 4) is 5.75 Å². The number of ether oxygens (including phenoxy) is 2. The molecule has 0 saturated carbocycles. The molecule has 3 aromatic rings. The SMILES string of the molecule is c1ccc(CN2CCCOC(COc3cccc4ncccc34)C2)cc1. The Labute approximate surface area is 154 Å². The summed E-state index contributed by atoms with van der Waals surface area (Å²) in [5.41, 5.74) is 2.30. The van der Waals surface area contributed by atoms with Crippen molar-refractivity contribution in [2.75, 3.05) is 26.3 Å². The average molecular weight is 348 g/mol. The van der Waals surface area contributed by atoms with Crippen LogP contribution in [0, 0.1) is 0 Å². The first-order chi connectivity index (χ1) is 12.9. The summed E-state index contributed by atoms with van der Waals surface area (Å²) in [7, 11) is 0. The molecule has 0 aliphatic carbocycles. The fourth-order valence-corrected chi connectivity index (χ4v) is 3.44. The van der Waals surface area contributed by atoms with Gasteiger partial charge in [-0.05, 0) is 36.2 Å². The summed E-state index contributed by atoms with van der Waals surface area (Å²) >= 11 is 0. The Morgan fingerprint density at radius 3 is 2.88 bits per heavy atom. The van der Waals surface area contributed by atoms with Gasteiger partial charge in [-0.25, -0.2) is 0 Å². The van der Waals surface area contributed by atoms with Crippen LogP contribution in [-0.4, -0.2) is 42.3 Å². The highest BCUT2D eigenvalue weighted by Crippen LogP contribution is 2.24. The number of pyridine rings is 1. The van der Waals surface area contributed by atoms with Crippen molar-refractivity contribution in [1.82, 2.24) is 9.88 Å². The lowest BCUT2D eigenvalue weighted by molar-refractivity contribution is 0.0205. The molecular formula is C22H24N2O2. The molecule has 134 valence electrons. The first-order valence-electron chi connectivity index (χ1n) is 9.23. The van der Waals surface area contributed by atoms with Gasteiger partial charge in [-0.2, -0.15) is 0 Å². The number of fused-ring (bicyclic) bond motifs is 1. The van der Waals surface area contributed by atoms with Crippen LogP contribution in [0.25, 0.3) is 10.9 Å². The molecule has 4 nitrogen and oxygen atoms in total. The second-order valence-electron chi connectivity index (χ2n) is 6.70. The number of rotatable bonds is 5. The fourth-order valence-electron chi connectivity index (χ4n) is 3.44. The van der Waals surface area contributed by atoms with Gasteiger partial charge in [0, 0.05) is 37.8 Å². The predicted octanol–water partition coefficient (Wildman–Crippen LogP) is 3.90. The third-order valence-corrected chi connectivity index (χ3v) is 4.71.